The second kappa shape index (κ2) is 12.8. The molecule has 0 aromatic rings. The van der Waals surface area contributed by atoms with E-state index in [4.69, 9.17) is 0 Å². The van der Waals surface area contributed by atoms with Crippen molar-refractivity contribution in [2.24, 2.45) is 0 Å². The highest BCUT2D eigenvalue weighted by atomic mass is 15.1. The lowest BCUT2D eigenvalue weighted by molar-refractivity contribution is 0.320. The summed E-state index contributed by atoms with van der Waals surface area (Å²) >= 11 is 0. The molecule has 0 atom stereocenters. The first kappa shape index (κ1) is 16.3. The van der Waals surface area contributed by atoms with E-state index < -0.39 is 0 Å². The van der Waals surface area contributed by atoms with Gasteiger partial charge in [-0.1, -0.05) is 0 Å². The molecule has 0 saturated carbocycles. The first-order valence-electron chi connectivity index (χ1n) is 5.13. The first-order chi connectivity index (χ1) is 6.54. The predicted octanol–water partition coefficient (Wildman–Crippen LogP) is -0.465. The molecule has 88 valence electrons. The molecule has 4 nitrogen and oxygen atoms in total. The fourth-order valence-corrected chi connectivity index (χ4v) is 0.650. The van der Waals surface area contributed by atoms with Gasteiger partial charge in [0.2, 0.25) is 0 Å². The fraction of sp³-hybridized carbons (Fsp3) is 1.00. The topological polar surface area (TPSA) is 30.5 Å². The molecule has 0 radical (unpaired) electrons. The molecule has 0 heterocycles. The largest absolute Gasteiger partial charge is 0.318 e. The first-order valence-corrected chi connectivity index (χ1v) is 5.13. The molecule has 0 fully saturated rings. The van der Waals surface area contributed by atoms with Crippen molar-refractivity contribution in [1.82, 2.24) is 20.4 Å². The maximum atomic E-state index is 3.01. The van der Waals surface area contributed by atoms with Gasteiger partial charge in [0.05, 0.1) is 0 Å². The Hall–Kier alpha value is -0.160. The van der Waals surface area contributed by atoms with Crippen molar-refractivity contribution in [3.05, 3.63) is 0 Å². The van der Waals surface area contributed by atoms with Gasteiger partial charge < -0.3 is 20.4 Å². The highest BCUT2D eigenvalue weighted by Crippen LogP contribution is 1.76. The SMILES string of the molecule is CN(C)CCN(C)C.CNCCNC. The van der Waals surface area contributed by atoms with Crippen LogP contribution >= 0.6 is 0 Å². The molecule has 0 unspecified atom stereocenters. The van der Waals surface area contributed by atoms with Crippen molar-refractivity contribution >= 4 is 0 Å². The summed E-state index contributed by atoms with van der Waals surface area (Å²) in [6, 6.07) is 0. The zero-order chi connectivity index (χ0) is 11.4. The average molecular weight is 204 g/mol. The van der Waals surface area contributed by atoms with Gasteiger partial charge in [-0.15, -0.1) is 0 Å². The van der Waals surface area contributed by atoms with Crippen LogP contribution in [0.5, 0.6) is 0 Å². The highest BCUT2D eigenvalue weighted by Gasteiger charge is 1.89. The Morgan fingerprint density at radius 3 is 1.14 bits per heavy atom. The summed E-state index contributed by atoms with van der Waals surface area (Å²) < 4.78 is 0. The Bertz CT molecular complexity index is 82.1. The van der Waals surface area contributed by atoms with Crippen molar-refractivity contribution in [1.29, 1.82) is 0 Å². The number of nitrogens with one attached hydrogen (secondary N) is 2. The van der Waals surface area contributed by atoms with Crippen LogP contribution in [0.1, 0.15) is 0 Å². The Balaban J connectivity index is 0. The minimum absolute atomic E-state index is 1.05. The normalized spacial score (nSPS) is 10.3. The minimum Gasteiger partial charge on any atom is -0.318 e. The summed E-state index contributed by atoms with van der Waals surface area (Å²) in [5.74, 6) is 0. The van der Waals surface area contributed by atoms with E-state index in [2.05, 4.69) is 48.6 Å². The third-order valence-corrected chi connectivity index (χ3v) is 1.62. The van der Waals surface area contributed by atoms with Gasteiger partial charge in [-0.05, 0) is 42.3 Å². The van der Waals surface area contributed by atoms with Gasteiger partial charge in [-0.2, -0.15) is 0 Å². The smallest absolute Gasteiger partial charge is 0.0103 e. The second-order valence-electron chi connectivity index (χ2n) is 3.81. The van der Waals surface area contributed by atoms with Gasteiger partial charge in [0, 0.05) is 26.2 Å². The van der Waals surface area contributed by atoms with Crippen LogP contribution in [0.2, 0.25) is 0 Å². The fourth-order valence-electron chi connectivity index (χ4n) is 0.650. The molecular formula is C10H28N4. The molecule has 0 aliphatic carbocycles. The predicted molar refractivity (Wildman–Crippen MR) is 65.0 cm³/mol. The molecule has 0 saturated heterocycles. The molecular weight excluding hydrogens is 176 g/mol. The summed E-state index contributed by atoms with van der Waals surface area (Å²) in [6.07, 6.45) is 0. The Morgan fingerprint density at radius 2 is 1.00 bits per heavy atom. The summed E-state index contributed by atoms with van der Waals surface area (Å²) in [5, 5.41) is 6.01. The van der Waals surface area contributed by atoms with Crippen molar-refractivity contribution in [2.45, 2.75) is 0 Å². The molecule has 0 spiro atoms. The molecule has 0 aromatic heterocycles. The van der Waals surface area contributed by atoms with Gasteiger partial charge >= 0.3 is 0 Å². The minimum atomic E-state index is 1.05. The van der Waals surface area contributed by atoms with Crippen LogP contribution in [0.15, 0.2) is 0 Å². The van der Waals surface area contributed by atoms with Crippen molar-refractivity contribution in [3.8, 4) is 0 Å². The van der Waals surface area contributed by atoms with E-state index in [0.717, 1.165) is 26.2 Å². The summed E-state index contributed by atoms with van der Waals surface area (Å²) in [4.78, 5) is 4.36. The Kier molecular flexibility index (Phi) is 14.9. The van der Waals surface area contributed by atoms with E-state index in [-0.39, 0.29) is 0 Å². The summed E-state index contributed by atoms with van der Waals surface area (Å²) in [7, 11) is 12.2. The molecule has 0 bridgehead atoms. The van der Waals surface area contributed by atoms with Crippen LogP contribution in [0.25, 0.3) is 0 Å². The molecule has 0 amide bonds. The van der Waals surface area contributed by atoms with Crippen LogP contribution in [0.4, 0.5) is 0 Å². The van der Waals surface area contributed by atoms with E-state index >= 15 is 0 Å². The van der Waals surface area contributed by atoms with Gasteiger partial charge in [0.1, 0.15) is 0 Å². The number of hydrogen-bond acceptors (Lipinski definition) is 4. The van der Waals surface area contributed by atoms with Crippen molar-refractivity contribution in [2.75, 3.05) is 68.5 Å². The Labute approximate surface area is 89.6 Å². The van der Waals surface area contributed by atoms with Crippen LogP contribution in [-0.4, -0.2) is 78.3 Å². The van der Waals surface area contributed by atoms with Crippen LogP contribution < -0.4 is 10.6 Å². The molecule has 0 aliphatic heterocycles. The maximum absolute atomic E-state index is 3.01. The second-order valence-corrected chi connectivity index (χ2v) is 3.81. The molecule has 4 heteroatoms. The van der Waals surface area contributed by atoms with Gasteiger partial charge in [-0.3, -0.25) is 0 Å². The quantitative estimate of drug-likeness (QED) is 0.573. The van der Waals surface area contributed by atoms with E-state index in [1.165, 1.54) is 0 Å². The number of hydrogen-bond donors (Lipinski definition) is 2. The lowest BCUT2D eigenvalue weighted by Gasteiger charge is -2.13. The van der Waals surface area contributed by atoms with Crippen LogP contribution in [0, 0.1) is 0 Å². The van der Waals surface area contributed by atoms with E-state index in [0.29, 0.717) is 0 Å². The van der Waals surface area contributed by atoms with E-state index in [1.807, 2.05) is 14.1 Å². The molecule has 2 N–H and O–H groups in total. The number of rotatable bonds is 6. The maximum Gasteiger partial charge on any atom is 0.0103 e. The zero-order valence-electron chi connectivity index (χ0n) is 10.7. The average Bonchev–Trinajstić information content (AvgIpc) is 2.12. The number of nitrogens with zero attached hydrogens (tertiary/aromatic N) is 2. The number of likely N-dealkylation sites (N-methyl/N-ethyl adjacent to an activating group) is 4. The van der Waals surface area contributed by atoms with Gasteiger partial charge in [-0.25, -0.2) is 0 Å². The molecule has 0 aliphatic rings. The van der Waals surface area contributed by atoms with Gasteiger partial charge in [0.15, 0.2) is 0 Å². The van der Waals surface area contributed by atoms with E-state index in [1.54, 1.807) is 0 Å². The van der Waals surface area contributed by atoms with Crippen molar-refractivity contribution < 1.29 is 0 Å². The molecule has 14 heavy (non-hydrogen) atoms. The lowest BCUT2D eigenvalue weighted by Crippen LogP contribution is -2.25. The van der Waals surface area contributed by atoms with Crippen LogP contribution in [-0.2, 0) is 0 Å². The standard InChI is InChI=1S/C6H16N2.C4H12N2/c1-7(2)5-6-8(3)4;1-5-3-4-6-2/h5-6H2,1-4H3;5-6H,3-4H2,1-2H3. The molecule has 0 rings (SSSR count). The lowest BCUT2D eigenvalue weighted by atomic mass is 10.5. The van der Waals surface area contributed by atoms with Crippen LogP contribution in [0.3, 0.4) is 0 Å². The summed E-state index contributed by atoms with van der Waals surface area (Å²) in [5.41, 5.74) is 0. The highest BCUT2D eigenvalue weighted by molar-refractivity contribution is 4.46. The Morgan fingerprint density at radius 1 is 0.714 bits per heavy atom. The molecule has 0 aromatic carbocycles. The zero-order valence-corrected chi connectivity index (χ0v) is 10.7. The third kappa shape index (κ3) is 22.6. The third-order valence-electron chi connectivity index (χ3n) is 1.62. The van der Waals surface area contributed by atoms with Crippen molar-refractivity contribution in [3.63, 3.8) is 0 Å². The van der Waals surface area contributed by atoms with Gasteiger partial charge in [0.25, 0.3) is 0 Å². The monoisotopic (exact) mass is 204 g/mol. The van der Waals surface area contributed by atoms with E-state index in [9.17, 15) is 0 Å². The summed E-state index contributed by atoms with van der Waals surface area (Å²) in [6.45, 7) is 4.40.